The van der Waals surface area contributed by atoms with Crippen LogP contribution in [-0.2, 0) is 0 Å². The number of carbonyl (C=O) groups is 1. The smallest absolute Gasteiger partial charge is 0.253 e. The number of rotatable bonds is 5. The Kier molecular flexibility index (Phi) is 4.14. The SMILES string of the molecule is CCN(CC(C)(C)CN)C(=O)c1ccc2[nH]ccc2c1. The van der Waals surface area contributed by atoms with Gasteiger partial charge in [-0.05, 0) is 43.1 Å². The van der Waals surface area contributed by atoms with Gasteiger partial charge >= 0.3 is 0 Å². The molecule has 0 bridgehead atoms. The maximum atomic E-state index is 12.6. The Morgan fingerprint density at radius 3 is 2.75 bits per heavy atom. The van der Waals surface area contributed by atoms with Crippen LogP contribution < -0.4 is 5.73 Å². The number of nitrogens with one attached hydrogen (secondary N) is 1. The highest BCUT2D eigenvalue weighted by atomic mass is 16.2. The number of benzene rings is 1. The summed E-state index contributed by atoms with van der Waals surface area (Å²) < 4.78 is 0. The predicted octanol–water partition coefficient (Wildman–Crippen LogP) is 2.61. The van der Waals surface area contributed by atoms with E-state index < -0.39 is 0 Å². The highest BCUT2D eigenvalue weighted by Gasteiger charge is 2.23. The number of carbonyl (C=O) groups excluding carboxylic acids is 1. The molecule has 0 saturated carbocycles. The number of nitrogens with zero attached hydrogens (tertiary/aromatic N) is 1. The second kappa shape index (κ2) is 5.67. The largest absolute Gasteiger partial charge is 0.361 e. The quantitative estimate of drug-likeness (QED) is 0.879. The molecule has 20 heavy (non-hydrogen) atoms. The van der Waals surface area contributed by atoms with Crippen LogP contribution in [0.1, 0.15) is 31.1 Å². The van der Waals surface area contributed by atoms with Crippen LogP contribution >= 0.6 is 0 Å². The molecule has 0 saturated heterocycles. The molecule has 3 N–H and O–H groups in total. The molecular weight excluding hydrogens is 250 g/mol. The van der Waals surface area contributed by atoms with Crippen LogP contribution in [-0.4, -0.2) is 35.4 Å². The van der Waals surface area contributed by atoms with Crippen LogP contribution in [0.5, 0.6) is 0 Å². The fourth-order valence-electron chi connectivity index (χ4n) is 2.28. The van der Waals surface area contributed by atoms with Gasteiger partial charge in [-0.1, -0.05) is 13.8 Å². The lowest BCUT2D eigenvalue weighted by atomic mass is 9.93. The number of aromatic nitrogens is 1. The zero-order valence-electron chi connectivity index (χ0n) is 12.4. The molecule has 0 aliphatic rings. The van der Waals surface area contributed by atoms with Crippen molar-refractivity contribution in [3.63, 3.8) is 0 Å². The van der Waals surface area contributed by atoms with Crippen molar-refractivity contribution in [1.82, 2.24) is 9.88 Å². The van der Waals surface area contributed by atoms with E-state index >= 15 is 0 Å². The van der Waals surface area contributed by atoms with E-state index in [0.717, 1.165) is 16.5 Å². The third-order valence-electron chi connectivity index (χ3n) is 3.64. The van der Waals surface area contributed by atoms with Crippen molar-refractivity contribution in [1.29, 1.82) is 0 Å². The molecule has 0 aliphatic carbocycles. The first kappa shape index (κ1) is 14.6. The fraction of sp³-hybridized carbons (Fsp3) is 0.438. The van der Waals surface area contributed by atoms with Crippen LogP contribution in [0.15, 0.2) is 30.5 Å². The molecule has 0 atom stereocenters. The lowest BCUT2D eigenvalue weighted by Gasteiger charge is -2.31. The Morgan fingerprint density at radius 1 is 1.35 bits per heavy atom. The first-order chi connectivity index (χ1) is 9.46. The molecule has 0 fully saturated rings. The Morgan fingerprint density at radius 2 is 2.10 bits per heavy atom. The number of hydrogen-bond acceptors (Lipinski definition) is 2. The van der Waals surface area contributed by atoms with Gasteiger partial charge in [-0.25, -0.2) is 0 Å². The van der Waals surface area contributed by atoms with E-state index in [1.54, 1.807) is 0 Å². The van der Waals surface area contributed by atoms with E-state index in [0.29, 0.717) is 19.6 Å². The molecular formula is C16H23N3O. The van der Waals surface area contributed by atoms with Crippen LogP contribution in [0.4, 0.5) is 0 Å². The normalized spacial score (nSPS) is 11.8. The molecule has 1 aromatic carbocycles. The van der Waals surface area contributed by atoms with Gasteiger partial charge in [-0.15, -0.1) is 0 Å². The van der Waals surface area contributed by atoms with Crippen molar-refractivity contribution in [3.8, 4) is 0 Å². The van der Waals surface area contributed by atoms with Gasteiger partial charge in [0.25, 0.3) is 5.91 Å². The van der Waals surface area contributed by atoms with Gasteiger partial charge in [0.2, 0.25) is 0 Å². The average molecular weight is 273 g/mol. The zero-order chi connectivity index (χ0) is 14.8. The topological polar surface area (TPSA) is 62.1 Å². The van der Waals surface area contributed by atoms with Gasteiger partial charge < -0.3 is 15.6 Å². The Bertz CT molecular complexity index is 601. The summed E-state index contributed by atoms with van der Waals surface area (Å²) in [6, 6.07) is 7.74. The zero-order valence-corrected chi connectivity index (χ0v) is 12.4. The number of fused-ring (bicyclic) bond motifs is 1. The maximum absolute atomic E-state index is 12.6. The van der Waals surface area contributed by atoms with Gasteiger partial charge in [0.05, 0.1) is 0 Å². The monoisotopic (exact) mass is 273 g/mol. The summed E-state index contributed by atoms with van der Waals surface area (Å²) in [6.07, 6.45) is 1.88. The molecule has 108 valence electrons. The third-order valence-corrected chi connectivity index (χ3v) is 3.64. The molecule has 1 amide bonds. The first-order valence-corrected chi connectivity index (χ1v) is 7.03. The van der Waals surface area contributed by atoms with E-state index in [9.17, 15) is 4.79 Å². The number of amides is 1. The Balaban J connectivity index is 2.23. The summed E-state index contributed by atoms with van der Waals surface area (Å²) in [7, 11) is 0. The lowest BCUT2D eigenvalue weighted by molar-refractivity contribution is 0.0701. The molecule has 0 spiro atoms. The molecule has 2 rings (SSSR count). The average Bonchev–Trinajstić information content (AvgIpc) is 2.91. The van der Waals surface area contributed by atoms with Crippen LogP contribution in [0.2, 0.25) is 0 Å². The van der Waals surface area contributed by atoms with Crippen LogP contribution in [0.25, 0.3) is 10.9 Å². The summed E-state index contributed by atoms with van der Waals surface area (Å²) in [4.78, 5) is 17.6. The van der Waals surface area contributed by atoms with Gasteiger partial charge in [-0.2, -0.15) is 0 Å². The highest BCUT2D eigenvalue weighted by molar-refractivity contribution is 5.98. The minimum Gasteiger partial charge on any atom is -0.361 e. The highest BCUT2D eigenvalue weighted by Crippen LogP contribution is 2.19. The molecule has 0 radical (unpaired) electrons. The number of nitrogens with two attached hydrogens (primary N) is 1. The van der Waals surface area contributed by atoms with Crippen molar-refractivity contribution >= 4 is 16.8 Å². The van der Waals surface area contributed by atoms with Crippen molar-refractivity contribution in [3.05, 3.63) is 36.0 Å². The third kappa shape index (κ3) is 3.02. The van der Waals surface area contributed by atoms with Crippen LogP contribution in [0, 0.1) is 5.41 Å². The molecule has 4 heteroatoms. The van der Waals surface area contributed by atoms with E-state index in [1.807, 2.05) is 42.3 Å². The van der Waals surface area contributed by atoms with E-state index in [1.165, 1.54) is 0 Å². The van der Waals surface area contributed by atoms with Gasteiger partial charge in [0, 0.05) is 35.8 Å². The fourth-order valence-corrected chi connectivity index (χ4v) is 2.28. The molecule has 1 heterocycles. The van der Waals surface area contributed by atoms with Crippen molar-refractivity contribution < 1.29 is 4.79 Å². The number of aromatic amines is 1. The van der Waals surface area contributed by atoms with Gasteiger partial charge in [-0.3, -0.25) is 4.79 Å². The summed E-state index contributed by atoms with van der Waals surface area (Å²) in [5.41, 5.74) is 7.48. The summed E-state index contributed by atoms with van der Waals surface area (Å²) in [5, 5.41) is 1.06. The van der Waals surface area contributed by atoms with Crippen molar-refractivity contribution in [2.45, 2.75) is 20.8 Å². The minimum atomic E-state index is -0.0656. The van der Waals surface area contributed by atoms with E-state index in [2.05, 4.69) is 18.8 Å². The van der Waals surface area contributed by atoms with Crippen molar-refractivity contribution in [2.24, 2.45) is 11.1 Å². The molecule has 2 aromatic rings. The summed E-state index contributed by atoms with van der Waals surface area (Å²) in [6.45, 7) is 8.08. The standard InChI is InChI=1S/C16H23N3O/c1-4-19(11-16(2,3)10-17)15(20)13-5-6-14-12(9-13)7-8-18-14/h5-9,18H,4,10-11,17H2,1-3H3. The number of H-pyrrole nitrogens is 1. The van der Waals surface area contributed by atoms with Crippen LogP contribution in [0.3, 0.4) is 0 Å². The Hall–Kier alpha value is -1.81. The molecule has 0 unspecified atom stereocenters. The van der Waals surface area contributed by atoms with E-state index in [-0.39, 0.29) is 11.3 Å². The summed E-state index contributed by atoms with van der Waals surface area (Å²) >= 11 is 0. The molecule has 1 aromatic heterocycles. The maximum Gasteiger partial charge on any atom is 0.253 e. The molecule has 0 aliphatic heterocycles. The second-order valence-corrected chi connectivity index (χ2v) is 5.97. The van der Waals surface area contributed by atoms with Gasteiger partial charge in [0.1, 0.15) is 0 Å². The lowest BCUT2D eigenvalue weighted by Crippen LogP contribution is -2.41. The Labute approximate surface area is 120 Å². The van der Waals surface area contributed by atoms with Gasteiger partial charge in [0.15, 0.2) is 0 Å². The molecule has 4 nitrogen and oxygen atoms in total. The van der Waals surface area contributed by atoms with Crippen molar-refractivity contribution in [2.75, 3.05) is 19.6 Å². The predicted molar refractivity (Wildman–Crippen MR) is 82.7 cm³/mol. The summed E-state index contributed by atoms with van der Waals surface area (Å²) in [5.74, 6) is 0.0668. The van der Waals surface area contributed by atoms with E-state index in [4.69, 9.17) is 5.73 Å². The first-order valence-electron chi connectivity index (χ1n) is 7.03. The number of hydrogen-bond donors (Lipinski definition) is 2. The second-order valence-electron chi connectivity index (χ2n) is 5.97. The minimum absolute atomic E-state index is 0.0656.